The van der Waals surface area contributed by atoms with Gasteiger partial charge in [0.15, 0.2) is 0 Å². The smallest absolute Gasteiger partial charge is 0.254 e. The van der Waals surface area contributed by atoms with Crippen LogP contribution in [0, 0.1) is 5.82 Å². The summed E-state index contributed by atoms with van der Waals surface area (Å²) >= 11 is 0. The van der Waals surface area contributed by atoms with E-state index in [2.05, 4.69) is 24.5 Å². The Morgan fingerprint density at radius 3 is 2.21 bits per heavy atom. The fourth-order valence-corrected chi connectivity index (χ4v) is 4.53. The van der Waals surface area contributed by atoms with Gasteiger partial charge in [0, 0.05) is 23.2 Å². The van der Waals surface area contributed by atoms with E-state index in [4.69, 9.17) is 0 Å². The van der Waals surface area contributed by atoms with Gasteiger partial charge >= 0.3 is 0 Å². The van der Waals surface area contributed by atoms with Crippen LogP contribution in [0.3, 0.4) is 0 Å². The fraction of sp³-hybridized carbons (Fsp3) is 0.423. The van der Waals surface area contributed by atoms with Crippen LogP contribution in [0.5, 0.6) is 0 Å². The zero-order valence-corrected chi connectivity index (χ0v) is 19.2. The van der Waals surface area contributed by atoms with E-state index in [1.807, 2.05) is 24.0 Å². The number of likely N-dealkylation sites (tertiary alicyclic amines) is 1. The van der Waals surface area contributed by atoms with Crippen molar-refractivity contribution in [3.63, 3.8) is 0 Å². The zero-order chi connectivity index (χ0) is 23.8. The molecule has 2 aromatic carbocycles. The lowest BCUT2D eigenvalue weighted by atomic mass is 10.0. The number of carbonyl (C=O) groups excluding carboxylic acids is 3. The number of hydrogen-bond donors (Lipinski definition) is 2. The molecule has 1 heterocycles. The quantitative estimate of drug-likeness (QED) is 0.697. The molecule has 2 unspecified atom stereocenters. The SMILES string of the molecule is CC1CCC(C)N1C(=O)c1ccc([C@@H](C)NC(=O)C2(NC(=O)c3cccc(F)c3)CC2)cc1. The largest absolute Gasteiger partial charge is 0.348 e. The average molecular weight is 452 g/mol. The van der Waals surface area contributed by atoms with E-state index in [0.717, 1.165) is 24.5 Å². The summed E-state index contributed by atoms with van der Waals surface area (Å²) in [5, 5.41) is 5.73. The average Bonchev–Trinajstić information content (AvgIpc) is 3.50. The van der Waals surface area contributed by atoms with E-state index in [1.165, 1.54) is 18.2 Å². The highest BCUT2D eigenvalue weighted by Gasteiger charge is 2.51. The van der Waals surface area contributed by atoms with Crippen LogP contribution in [0.15, 0.2) is 48.5 Å². The van der Waals surface area contributed by atoms with Gasteiger partial charge in [-0.3, -0.25) is 14.4 Å². The van der Waals surface area contributed by atoms with Crippen molar-refractivity contribution in [2.45, 2.75) is 70.1 Å². The van der Waals surface area contributed by atoms with E-state index in [9.17, 15) is 18.8 Å². The molecule has 0 spiro atoms. The number of hydrogen-bond acceptors (Lipinski definition) is 3. The van der Waals surface area contributed by atoms with Crippen LogP contribution in [0.2, 0.25) is 0 Å². The lowest BCUT2D eigenvalue weighted by Gasteiger charge is -2.26. The first-order valence-electron chi connectivity index (χ1n) is 11.5. The third kappa shape index (κ3) is 4.77. The van der Waals surface area contributed by atoms with Gasteiger partial charge < -0.3 is 15.5 Å². The van der Waals surface area contributed by atoms with Crippen LogP contribution >= 0.6 is 0 Å². The van der Waals surface area contributed by atoms with Crippen LogP contribution in [0.25, 0.3) is 0 Å². The lowest BCUT2D eigenvalue weighted by molar-refractivity contribution is -0.124. The highest BCUT2D eigenvalue weighted by Crippen LogP contribution is 2.36. The van der Waals surface area contributed by atoms with Gasteiger partial charge in [-0.1, -0.05) is 18.2 Å². The molecule has 2 fully saturated rings. The number of halogens is 1. The summed E-state index contributed by atoms with van der Waals surface area (Å²) in [6.07, 6.45) is 3.11. The molecule has 6 nitrogen and oxygen atoms in total. The van der Waals surface area contributed by atoms with Gasteiger partial charge in [-0.15, -0.1) is 0 Å². The first kappa shape index (κ1) is 23.0. The minimum Gasteiger partial charge on any atom is -0.348 e. The van der Waals surface area contributed by atoms with E-state index < -0.39 is 17.3 Å². The number of benzene rings is 2. The van der Waals surface area contributed by atoms with E-state index in [-0.39, 0.29) is 35.5 Å². The number of carbonyl (C=O) groups is 3. The molecular weight excluding hydrogens is 421 g/mol. The number of amides is 3. The Labute approximate surface area is 193 Å². The highest BCUT2D eigenvalue weighted by atomic mass is 19.1. The molecular formula is C26H30FN3O3. The fourth-order valence-electron chi connectivity index (χ4n) is 4.53. The molecule has 0 radical (unpaired) electrons. The van der Waals surface area contributed by atoms with Gasteiger partial charge in [0.2, 0.25) is 5.91 Å². The number of nitrogens with one attached hydrogen (secondary N) is 2. The van der Waals surface area contributed by atoms with Crippen molar-refractivity contribution >= 4 is 17.7 Å². The Bertz CT molecular complexity index is 1050. The van der Waals surface area contributed by atoms with Gasteiger partial charge in [0.1, 0.15) is 11.4 Å². The van der Waals surface area contributed by atoms with Gasteiger partial charge in [0.05, 0.1) is 6.04 Å². The molecule has 4 rings (SSSR count). The topological polar surface area (TPSA) is 78.5 Å². The van der Waals surface area contributed by atoms with Crippen LogP contribution in [0.4, 0.5) is 4.39 Å². The van der Waals surface area contributed by atoms with E-state index >= 15 is 0 Å². The molecule has 3 atom stereocenters. The Hall–Kier alpha value is -3.22. The predicted octanol–water partition coefficient (Wildman–Crippen LogP) is 3.98. The van der Waals surface area contributed by atoms with Gasteiger partial charge in [-0.2, -0.15) is 0 Å². The summed E-state index contributed by atoms with van der Waals surface area (Å²) in [6.45, 7) is 6.02. The summed E-state index contributed by atoms with van der Waals surface area (Å²) in [7, 11) is 0. The molecule has 1 saturated heterocycles. The normalized spacial score (nSPS) is 21.9. The van der Waals surface area contributed by atoms with Crippen molar-refractivity contribution in [2.75, 3.05) is 0 Å². The number of nitrogens with zero attached hydrogens (tertiary/aromatic N) is 1. The van der Waals surface area contributed by atoms with Crippen molar-refractivity contribution in [1.29, 1.82) is 0 Å². The minimum atomic E-state index is -0.963. The molecule has 3 amide bonds. The summed E-state index contributed by atoms with van der Waals surface area (Å²) in [4.78, 5) is 40.2. The molecule has 33 heavy (non-hydrogen) atoms. The predicted molar refractivity (Wildman–Crippen MR) is 123 cm³/mol. The molecule has 1 aliphatic heterocycles. The third-order valence-electron chi connectivity index (χ3n) is 6.82. The Kier molecular flexibility index (Phi) is 6.23. The maximum Gasteiger partial charge on any atom is 0.254 e. The second kappa shape index (κ2) is 8.96. The third-order valence-corrected chi connectivity index (χ3v) is 6.82. The minimum absolute atomic E-state index is 0.0349. The first-order chi connectivity index (χ1) is 15.7. The maximum absolute atomic E-state index is 13.4. The van der Waals surface area contributed by atoms with Crippen LogP contribution in [0.1, 0.15) is 78.8 Å². The van der Waals surface area contributed by atoms with Gasteiger partial charge in [-0.25, -0.2) is 4.39 Å². The van der Waals surface area contributed by atoms with Crippen molar-refractivity contribution in [3.8, 4) is 0 Å². The monoisotopic (exact) mass is 451 g/mol. The van der Waals surface area contributed by atoms with E-state index in [1.54, 1.807) is 12.1 Å². The van der Waals surface area contributed by atoms with E-state index in [0.29, 0.717) is 18.4 Å². The number of rotatable bonds is 6. The van der Waals surface area contributed by atoms with Crippen LogP contribution < -0.4 is 10.6 Å². The molecule has 0 bridgehead atoms. The highest BCUT2D eigenvalue weighted by molar-refractivity contribution is 6.00. The van der Waals surface area contributed by atoms with Crippen molar-refractivity contribution in [1.82, 2.24) is 15.5 Å². The Morgan fingerprint density at radius 1 is 1.00 bits per heavy atom. The van der Waals surface area contributed by atoms with Crippen molar-refractivity contribution in [3.05, 3.63) is 71.0 Å². The summed E-state index contributed by atoms with van der Waals surface area (Å²) < 4.78 is 13.4. The molecule has 2 N–H and O–H groups in total. The second-order valence-corrected chi connectivity index (χ2v) is 9.35. The molecule has 7 heteroatoms. The summed E-state index contributed by atoms with van der Waals surface area (Å²) in [6, 6.07) is 12.9. The Morgan fingerprint density at radius 2 is 1.64 bits per heavy atom. The molecule has 1 aliphatic carbocycles. The molecule has 174 valence electrons. The summed E-state index contributed by atoms with van der Waals surface area (Å²) in [5.41, 5.74) is 0.730. The zero-order valence-electron chi connectivity index (χ0n) is 19.2. The summed E-state index contributed by atoms with van der Waals surface area (Å²) in [5.74, 6) is -1.20. The Balaban J connectivity index is 1.37. The molecule has 0 aromatic heterocycles. The lowest BCUT2D eigenvalue weighted by Crippen LogP contribution is -2.49. The maximum atomic E-state index is 13.4. The van der Waals surface area contributed by atoms with Crippen LogP contribution in [-0.2, 0) is 4.79 Å². The second-order valence-electron chi connectivity index (χ2n) is 9.35. The van der Waals surface area contributed by atoms with Crippen molar-refractivity contribution < 1.29 is 18.8 Å². The standard InChI is InChI=1S/C26H30FN3O3/c1-16-7-8-17(2)30(16)24(32)20-11-9-19(10-12-20)18(3)28-25(33)26(13-14-26)29-23(31)21-5-4-6-22(27)15-21/h4-6,9-12,15-18H,7-8,13-14H2,1-3H3,(H,28,33)(H,29,31)/t16?,17?,18-/m1/s1. The van der Waals surface area contributed by atoms with Crippen LogP contribution in [-0.4, -0.2) is 40.2 Å². The molecule has 2 aromatic rings. The van der Waals surface area contributed by atoms with Crippen molar-refractivity contribution in [2.24, 2.45) is 0 Å². The first-order valence-corrected chi connectivity index (χ1v) is 11.5. The molecule has 1 saturated carbocycles. The van der Waals surface area contributed by atoms with Gasteiger partial charge in [0.25, 0.3) is 11.8 Å². The molecule has 2 aliphatic rings. The van der Waals surface area contributed by atoms with Gasteiger partial charge in [-0.05, 0) is 82.3 Å².